The van der Waals surface area contributed by atoms with Crippen molar-refractivity contribution in [1.82, 2.24) is 9.55 Å². The first-order valence-electron chi connectivity index (χ1n) is 11.2. The standard InChI is InChI=1S/C27H26N2O3/c30-27(31)22-16-17-23-24(25(22)32-18-19-10-4-1-5-11-19)28-26(20-12-6-2-7-13-20)29(23)21-14-8-3-9-15-21/h1-2,4-7,10-13,16-17,21H,3,8-9,14-15,18H2,(H,30,31). The van der Waals surface area contributed by atoms with E-state index in [0.29, 0.717) is 17.3 Å². The van der Waals surface area contributed by atoms with Crippen LogP contribution in [0.2, 0.25) is 0 Å². The van der Waals surface area contributed by atoms with E-state index in [4.69, 9.17) is 9.72 Å². The number of benzene rings is 3. The van der Waals surface area contributed by atoms with Crippen LogP contribution in [-0.2, 0) is 6.61 Å². The lowest BCUT2D eigenvalue weighted by Gasteiger charge is -2.25. The van der Waals surface area contributed by atoms with Crippen LogP contribution in [0, 0.1) is 0 Å². The van der Waals surface area contributed by atoms with Crippen molar-refractivity contribution in [2.45, 2.75) is 44.8 Å². The number of ether oxygens (including phenoxy) is 1. The predicted octanol–water partition coefficient (Wildman–Crippen LogP) is 6.49. The van der Waals surface area contributed by atoms with Crippen LogP contribution in [0.25, 0.3) is 22.4 Å². The smallest absolute Gasteiger partial charge is 0.339 e. The van der Waals surface area contributed by atoms with E-state index < -0.39 is 5.97 Å². The minimum absolute atomic E-state index is 0.140. The van der Waals surface area contributed by atoms with Gasteiger partial charge in [0.05, 0.1) is 5.52 Å². The zero-order valence-corrected chi connectivity index (χ0v) is 17.9. The summed E-state index contributed by atoms with van der Waals surface area (Å²) < 4.78 is 8.44. The van der Waals surface area contributed by atoms with E-state index in [0.717, 1.165) is 35.3 Å². The minimum Gasteiger partial charge on any atom is -0.486 e. The summed E-state index contributed by atoms with van der Waals surface area (Å²) in [4.78, 5) is 17.0. The van der Waals surface area contributed by atoms with Crippen molar-refractivity contribution in [2.24, 2.45) is 0 Å². The second-order valence-electron chi connectivity index (χ2n) is 8.35. The fraction of sp³-hybridized carbons (Fsp3) is 0.259. The molecule has 0 spiro atoms. The highest BCUT2D eigenvalue weighted by molar-refractivity contribution is 5.99. The Morgan fingerprint density at radius 2 is 1.62 bits per heavy atom. The van der Waals surface area contributed by atoms with Crippen molar-refractivity contribution in [1.29, 1.82) is 0 Å². The van der Waals surface area contributed by atoms with Gasteiger partial charge < -0.3 is 14.4 Å². The molecule has 0 amide bonds. The third-order valence-electron chi connectivity index (χ3n) is 6.24. The van der Waals surface area contributed by atoms with Gasteiger partial charge in [0.2, 0.25) is 0 Å². The molecule has 1 fully saturated rings. The van der Waals surface area contributed by atoms with Crippen molar-refractivity contribution in [3.8, 4) is 17.1 Å². The molecule has 0 unspecified atom stereocenters. The summed E-state index contributed by atoms with van der Waals surface area (Å²) in [6, 6.07) is 23.8. The fourth-order valence-electron chi connectivity index (χ4n) is 4.68. The van der Waals surface area contributed by atoms with Crippen molar-refractivity contribution in [2.75, 3.05) is 0 Å². The topological polar surface area (TPSA) is 64.3 Å². The summed E-state index contributed by atoms with van der Waals surface area (Å²) in [5.74, 6) is 0.202. The molecule has 0 bridgehead atoms. The number of hydrogen-bond donors (Lipinski definition) is 1. The summed E-state index contributed by atoms with van der Waals surface area (Å²) in [5, 5.41) is 9.85. The summed E-state index contributed by atoms with van der Waals surface area (Å²) >= 11 is 0. The molecule has 1 aromatic heterocycles. The molecule has 1 aliphatic rings. The summed E-state index contributed by atoms with van der Waals surface area (Å²) in [6.45, 7) is 0.289. The molecule has 5 heteroatoms. The molecular formula is C27H26N2O3. The number of aromatic carboxylic acids is 1. The molecule has 5 nitrogen and oxygen atoms in total. The molecule has 5 rings (SSSR count). The van der Waals surface area contributed by atoms with Gasteiger partial charge in [0.15, 0.2) is 5.75 Å². The molecule has 0 aliphatic heterocycles. The maximum atomic E-state index is 12.0. The lowest BCUT2D eigenvalue weighted by molar-refractivity contribution is 0.0692. The zero-order chi connectivity index (χ0) is 21.9. The van der Waals surface area contributed by atoms with Crippen LogP contribution in [0.15, 0.2) is 72.8 Å². The highest BCUT2D eigenvalue weighted by atomic mass is 16.5. The molecule has 0 radical (unpaired) electrons. The van der Waals surface area contributed by atoms with Crippen LogP contribution in [0.3, 0.4) is 0 Å². The van der Waals surface area contributed by atoms with Gasteiger partial charge in [-0.25, -0.2) is 9.78 Å². The Bertz CT molecular complexity index is 1230. The SMILES string of the molecule is O=C(O)c1ccc2c(nc(-c3ccccc3)n2C2CCCCC2)c1OCc1ccccc1. The monoisotopic (exact) mass is 426 g/mol. The van der Waals surface area contributed by atoms with Crippen LogP contribution in [-0.4, -0.2) is 20.6 Å². The normalized spacial score (nSPS) is 14.5. The predicted molar refractivity (Wildman–Crippen MR) is 125 cm³/mol. The number of rotatable bonds is 6. The van der Waals surface area contributed by atoms with Crippen LogP contribution in [0.5, 0.6) is 5.75 Å². The summed E-state index contributed by atoms with van der Waals surface area (Å²) in [6.07, 6.45) is 5.86. The molecule has 1 aliphatic carbocycles. The Labute approximate surface area is 187 Å². The molecule has 1 N–H and O–H groups in total. The van der Waals surface area contributed by atoms with E-state index in [1.165, 1.54) is 19.3 Å². The molecule has 0 saturated heterocycles. The molecule has 1 heterocycles. The lowest BCUT2D eigenvalue weighted by Crippen LogP contribution is -2.14. The number of aromatic nitrogens is 2. The first-order valence-corrected chi connectivity index (χ1v) is 11.2. The van der Waals surface area contributed by atoms with Crippen LogP contribution >= 0.6 is 0 Å². The van der Waals surface area contributed by atoms with E-state index in [-0.39, 0.29) is 12.2 Å². The molecule has 3 aromatic carbocycles. The second kappa shape index (κ2) is 8.87. The van der Waals surface area contributed by atoms with E-state index >= 15 is 0 Å². The number of carbonyl (C=O) groups is 1. The average Bonchev–Trinajstić information content (AvgIpc) is 3.24. The van der Waals surface area contributed by atoms with E-state index in [2.05, 4.69) is 16.7 Å². The number of fused-ring (bicyclic) bond motifs is 1. The average molecular weight is 427 g/mol. The molecule has 162 valence electrons. The quantitative estimate of drug-likeness (QED) is 0.383. The maximum Gasteiger partial charge on any atom is 0.339 e. The maximum absolute atomic E-state index is 12.0. The highest BCUT2D eigenvalue weighted by Gasteiger charge is 2.26. The van der Waals surface area contributed by atoms with Gasteiger partial charge in [-0.1, -0.05) is 79.9 Å². The highest BCUT2D eigenvalue weighted by Crippen LogP contribution is 2.39. The second-order valence-corrected chi connectivity index (χ2v) is 8.35. The molecule has 32 heavy (non-hydrogen) atoms. The molecule has 0 atom stereocenters. The summed E-state index contributed by atoms with van der Waals surface area (Å²) in [5.41, 5.74) is 3.70. The molecule has 4 aromatic rings. The van der Waals surface area contributed by atoms with E-state index in [1.807, 2.05) is 54.6 Å². The number of carboxylic acids is 1. The Balaban J connectivity index is 1.68. The minimum atomic E-state index is -1.01. The van der Waals surface area contributed by atoms with Crippen LogP contribution in [0.1, 0.15) is 54.1 Å². The van der Waals surface area contributed by atoms with Gasteiger partial charge in [0.25, 0.3) is 0 Å². The lowest BCUT2D eigenvalue weighted by atomic mass is 9.94. The van der Waals surface area contributed by atoms with Gasteiger partial charge in [0, 0.05) is 11.6 Å². The zero-order valence-electron chi connectivity index (χ0n) is 17.9. The van der Waals surface area contributed by atoms with Gasteiger partial charge in [0.1, 0.15) is 23.5 Å². The number of carboxylic acid groups (broad SMARTS) is 1. The van der Waals surface area contributed by atoms with Crippen molar-refractivity contribution in [3.63, 3.8) is 0 Å². The third kappa shape index (κ3) is 3.86. The third-order valence-corrected chi connectivity index (χ3v) is 6.24. The largest absolute Gasteiger partial charge is 0.486 e. The molecular weight excluding hydrogens is 400 g/mol. The Hall–Kier alpha value is -3.60. The fourth-order valence-corrected chi connectivity index (χ4v) is 4.68. The van der Waals surface area contributed by atoms with E-state index in [9.17, 15) is 9.90 Å². The van der Waals surface area contributed by atoms with Gasteiger partial charge in [-0.15, -0.1) is 0 Å². The van der Waals surface area contributed by atoms with Gasteiger partial charge in [-0.3, -0.25) is 0 Å². The van der Waals surface area contributed by atoms with Crippen molar-refractivity contribution in [3.05, 3.63) is 83.9 Å². The number of imidazole rings is 1. The first kappa shape index (κ1) is 20.3. The Morgan fingerprint density at radius 1 is 0.938 bits per heavy atom. The van der Waals surface area contributed by atoms with Gasteiger partial charge >= 0.3 is 5.97 Å². The van der Waals surface area contributed by atoms with Crippen molar-refractivity contribution >= 4 is 17.0 Å². The molecule has 1 saturated carbocycles. The van der Waals surface area contributed by atoms with Crippen LogP contribution in [0.4, 0.5) is 0 Å². The first-order chi connectivity index (χ1) is 15.7. The number of nitrogens with zero attached hydrogens (tertiary/aromatic N) is 2. The van der Waals surface area contributed by atoms with Crippen LogP contribution < -0.4 is 4.74 Å². The van der Waals surface area contributed by atoms with E-state index in [1.54, 1.807) is 6.07 Å². The Kier molecular flexibility index (Phi) is 5.63. The number of hydrogen-bond acceptors (Lipinski definition) is 3. The Morgan fingerprint density at radius 3 is 2.31 bits per heavy atom. The van der Waals surface area contributed by atoms with Crippen molar-refractivity contribution < 1.29 is 14.6 Å². The van der Waals surface area contributed by atoms with Gasteiger partial charge in [-0.2, -0.15) is 0 Å². The van der Waals surface area contributed by atoms with Gasteiger partial charge in [-0.05, 0) is 30.5 Å². The summed E-state index contributed by atoms with van der Waals surface area (Å²) in [7, 11) is 0.